The largest absolute Gasteiger partial charge is 0.497 e. The molecule has 1 saturated carbocycles. The van der Waals surface area contributed by atoms with Crippen LogP contribution in [-0.2, 0) is 9.53 Å². The summed E-state index contributed by atoms with van der Waals surface area (Å²) in [5.74, 6) is -0.169. The van der Waals surface area contributed by atoms with Gasteiger partial charge in [-0.3, -0.25) is 9.69 Å². The molecule has 1 heterocycles. The molecule has 0 aromatic heterocycles. The van der Waals surface area contributed by atoms with Crippen LogP contribution < -0.4 is 4.74 Å². The first kappa shape index (κ1) is 18.2. The molecule has 25 heavy (non-hydrogen) atoms. The molecule has 2 fully saturated rings. The summed E-state index contributed by atoms with van der Waals surface area (Å²) in [4.78, 5) is 14.2. The minimum Gasteiger partial charge on any atom is -0.497 e. The van der Waals surface area contributed by atoms with Crippen molar-refractivity contribution in [3.63, 3.8) is 0 Å². The van der Waals surface area contributed by atoms with Gasteiger partial charge in [-0.1, -0.05) is 12.1 Å². The summed E-state index contributed by atoms with van der Waals surface area (Å²) in [6.45, 7) is 4.30. The first-order valence-corrected chi connectivity index (χ1v) is 9.34. The fourth-order valence-corrected chi connectivity index (χ4v) is 4.38. The van der Waals surface area contributed by atoms with E-state index in [-0.39, 0.29) is 11.8 Å². The molecular weight excluding hydrogens is 318 g/mol. The Kier molecular flexibility index (Phi) is 5.97. The Morgan fingerprint density at radius 3 is 2.40 bits per heavy atom. The number of carbonyl (C=O) groups is 1. The summed E-state index contributed by atoms with van der Waals surface area (Å²) >= 11 is 0. The van der Waals surface area contributed by atoms with E-state index in [4.69, 9.17) is 9.47 Å². The number of aliphatic carboxylic acids is 1. The number of likely N-dealkylation sites (tertiary alicyclic amines) is 1. The topological polar surface area (TPSA) is 59.0 Å². The van der Waals surface area contributed by atoms with Crippen molar-refractivity contribution >= 4 is 5.97 Å². The third-order valence-electron chi connectivity index (χ3n) is 5.77. The average molecular weight is 347 g/mol. The van der Waals surface area contributed by atoms with E-state index in [9.17, 15) is 9.90 Å². The molecule has 1 aromatic rings. The van der Waals surface area contributed by atoms with E-state index in [1.54, 1.807) is 7.11 Å². The SMILES string of the molecule is CCOC1CCC(N2C[C@@H](C(=O)O)[C@H](c3ccc(OC)cc3)C2)CC1. The Balaban J connectivity index is 1.67. The number of carboxylic acids is 1. The Bertz CT molecular complexity index is 566. The highest BCUT2D eigenvalue weighted by Crippen LogP contribution is 2.37. The second-order valence-corrected chi connectivity index (χ2v) is 7.16. The number of rotatable bonds is 6. The first-order valence-electron chi connectivity index (χ1n) is 9.34. The fourth-order valence-electron chi connectivity index (χ4n) is 4.38. The van der Waals surface area contributed by atoms with Crippen LogP contribution in [0.2, 0.25) is 0 Å². The summed E-state index contributed by atoms with van der Waals surface area (Å²) in [7, 11) is 1.64. The average Bonchev–Trinajstić information content (AvgIpc) is 3.08. The van der Waals surface area contributed by atoms with Gasteiger partial charge in [0.25, 0.3) is 0 Å². The lowest BCUT2D eigenvalue weighted by molar-refractivity contribution is -0.141. The van der Waals surface area contributed by atoms with E-state index >= 15 is 0 Å². The van der Waals surface area contributed by atoms with Gasteiger partial charge in [0.15, 0.2) is 0 Å². The Morgan fingerprint density at radius 1 is 1.16 bits per heavy atom. The standard InChI is InChI=1S/C20H29NO4/c1-3-25-17-10-6-15(7-11-17)21-12-18(19(13-21)20(22)23)14-4-8-16(24-2)9-5-14/h4-5,8-9,15,17-19H,3,6-7,10-13H2,1-2H3,(H,22,23)/t15?,17?,18-,19+/m0/s1. The van der Waals surface area contributed by atoms with E-state index in [1.165, 1.54) is 0 Å². The van der Waals surface area contributed by atoms with Crippen molar-refractivity contribution in [1.29, 1.82) is 0 Å². The maximum absolute atomic E-state index is 11.8. The summed E-state index contributed by atoms with van der Waals surface area (Å²) in [6.07, 6.45) is 4.76. The van der Waals surface area contributed by atoms with Gasteiger partial charge in [0.05, 0.1) is 19.1 Å². The number of ether oxygens (including phenoxy) is 2. The van der Waals surface area contributed by atoms with Crippen LogP contribution in [-0.4, -0.2) is 54.9 Å². The van der Waals surface area contributed by atoms with Gasteiger partial charge in [0.1, 0.15) is 5.75 Å². The summed E-state index contributed by atoms with van der Waals surface area (Å²) < 4.78 is 11.0. The predicted molar refractivity (Wildman–Crippen MR) is 96.1 cm³/mol. The fraction of sp³-hybridized carbons (Fsp3) is 0.650. The molecule has 0 spiro atoms. The van der Waals surface area contributed by atoms with Gasteiger partial charge < -0.3 is 14.6 Å². The van der Waals surface area contributed by atoms with Crippen molar-refractivity contribution in [2.45, 2.75) is 50.7 Å². The van der Waals surface area contributed by atoms with E-state index in [2.05, 4.69) is 4.90 Å². The van der Waals surface area contributed by atoms with Crippen molar-refractivity contribution in [3.8, 4) is 5.75 Å². The third-order valence-corrected chi connectivity index (χ3v) is 5.77. The minimum atomic E-state index is -0.689. The summed E-state index contributed by atoms with van der Waals surface area (Å²) in [5.41, 5.74) is 1.10. The zero-order chi connectivity index (χ0) is 17.8. The quantitative estimate of drug-likeness (QED) is 0.857. The monoisotopic (exact) mass is 347 g/mol. The Hall–Kier alpha value is -1.59. The van der Waals surface area contributed by atoms with Crippen LogP contribution in [0.5, 0.6) is 5.75 Å². The lowest BCUT2D eigenvalue weighted by Gasteiger charge is -2.34. The van der Waals surface area contributed by atoms with Crippen LogP contribution in [0.1, 0.15) is 44.1 Å². The highest BCUT2D eigenvalue weighted by Gasteiger charge is 2.41. The van der Waals surface area contributed by atoms with Crippen LogP contribution in [0.3, 0.4) is 0 Å². The molecule has 0 radical (unpaired) electrons. The molecule has 0 amide bonds. The van der Waals surface area contributed by atoms with E-state index in [0.29, 0.717) is 18.7 Å². The van der Waals surface area contributed by atoms with Gasteiger partial charge >= 0.3 is 5.97 Å². The zero-order valence-corrected chi connectivity index (χ0v) is 15.2. The number of methoxy groups -OCH3 is 1. The van der Waals surface area contributed by atoms with Gasteiger partial charge in [-0.15, -0.1) is 0 Å². The predicted octanol–water partition coefficient (Wildman–Crippen LogP) is 3.14. The summed E-state index contributed by atoms with van der Waals surface area (Å²) in [5, 5.41) is 9.70. The second-order valence-electron chi connectivity index (χ2n) is 7.16. The molecular formula is C20H29NO4. The second kappa shape index (κ2) is 8.19. The van der Waals surface area contributed by atoms with E-state index in [0.717, 1.165) is 50.1 Å². The van der Waals surface area contributed by atoms with Crippen LogP contribution in [0.15, 0.2) is 24.3 Å². The van der Waals surface area contributed by atoms with Crippen molar-refractivity contribution in [2.75, 3.05) is 26.8 Å². The zero-order valence-electron chi connectivity index (χ0n) is 15.2. The lowest BCUT2D eigenvalue weighted by atomic mass is 9.89. The number of carboxylic acid groups (broad SMARTS) is 1. The van der Waals surface area contributed by atoms with Crippen LogP contribution >= 0.6 is 0 Å². The Morgan fingerprint density at radius 2 is 1.84 bits per heavy atom. The van der Waals surface area contributed by atoms with Gasteiger partial charge in [-0.05, 0) is 50.3 Å². The van der Waals surface area contributed by atoms with Crippen molar-refractivity contribution in [3.05, 3.63) is 29.8 Å². The van der Waals surface area contributed by atoms with Gasteiger partial charge in [-0.2, -0.15) is 0 Å². The summed E-state index contributed by atoms with van der Waals surface area (Å²) in [6, 6.07) is 8.35. The molecule has 5 heteroatoms. The first-order chi connectivity index (χ1) is 12.1. The molecule has 1 N–H and O–H groups in total. The molecule has 3 rings (SSSR count). The smallest absolute Gasteiger partial charge is 0.308 e. The number of hydrogen-bond donors (Lipinski definition) is 1. The number of nitrogens with zero attached hydrogens (tertiary/aromatic N) is 1. The maximum Gasteiger partial charge on any atom is 0.308 e. The minimum absolute atomic E-state index is 0.0491. The van der Waals surface area contributed by atoms with Crippen LogP contribution in [0.25, 0.3) is 0 Å². The molecule has 0 bridgehead atoms. The number of benzene rings is 1. The third kappa shape index (κ3) is 4.15. The molecule has 5 nitrogen and oxygen atoms in total. The molecule has 138 valence electrons. The normalized spacial score (nSPS) is 30.3. The van der Waals surface area contributed by atoms with Crippen LogP contribution in [0, 0.1) is 5.92 Å². The Labute approximate surface area is 149 Å². The maximum atomic E-state index is 11.8. The number of hydrogen-bond acceptors (Lipinski definition) is 4. The molecule has 2 aliphatic rings. The van der Waals surface area contributed by atoms with Gasteiger partial charge in [0.2, 0.25) is 0 Å². The van der Waals surface area contributed by atoms with Crippen molar-refractivity contribution in [1.82, 2.24) is 4.90 Å². The highest BCUT2D eigenvalue weighted by atomic mass is 16.5. The lowest BCUT2D eigenvalue weighted by Crippen LogP contribution is -2.38. The molecule has 1 saturated heterocycles. The van der Waals surface area contributed by atoms with Crippen molar-refractivity contribution < 1.29 is 19.4 Å². The van der Waals surface area contributed by atoms with Gasteiger partial charge in [0, 0.05) is 31.7 Å². The molecule has 1 aromatic carbocycles. The van der Waals surface area contributed by atoms with Crippen LogP contribution in [0.4, 0.5) is 0 Å². The van der Waals surface area contributed by atoms with Gasteiger partial charge in [-0.25, -0.2) is 0 Å². The van der Waals surface area contributed by atoms with E-state index in [1.807, 2.05) is 31.2 Å². The molecule has 1 aliphatic carbocycles. The molecule has 0 unspecified atom stereocenters. The molecule has 2 atom stereocenters. The molecule has 1 aliphatic heterocycles. The van der Waals surface area contributed by atoms with Crippen molar-refractivity contribution in [2.24, 2.45) is 5.92 Å². The van der Waals surface area contributed by atoms with E-state index < -0.39 is 5.97 Å². The highest BCUT2D eigenvalue weighted by molar-refractivity contribution is 5.72.